The molecular weight excluding hydrogens is 496 g/mol. The largest absolute Gasteiger partial charge is 0.493 e. The molecule has 2 aliphatic heterocycles. The summed E-state index contributed by atoms with van der Waals surface area (Å²) in [7, 11) is 3.22. The number of fused-ring (bicyclic) bond motifs is 3. The van der Waals surface area contributed by atoms with E-state index in [2.05, 4.69) is 28.2 Å². The molecule has 3 aromatic rings. The third-order valence-corrected chi connectivity index (χ3v) is 6.65. The fraction of sp³-hybridized carbons (Fsp3) is 0.259. The van der Waals surface area contributed by atoms with Gasteiger partial charge in [0, 0.05) is 17.1 Å². The van der Waals surface area contributed by atoms with Gasteiger partial charge in [0.25, 0.3) is 0 Å². The van der Waals surface area contributed by atoms with Crippen molar-refractivity contribution in [3.63, 3.8) is 0 Å². The SMILES string of the molecule is COc1cccc([C@H]2O[C@H](CCN3NN=C(CC(=O)O)N3)c3ccccc3-c3ccc(Cl)cc32)c1OC. The molecule has 3 N–H and O–H groups in total. The van der Waals surface area contributed by atoms with Crippen molar-refractivity contribution in [3.8, 4) is 22.6 Å². The maximum absolute atomic E-state index is 11.0. The maximum atomic E-state index is 11.0. The van der Waals surface area contributed by atoms with Gasteiger partial charge >= 0.3 is 5.97 Å². The number of nitrogens with zero attached hydrogens (tertiary/aromatic N) is 2. The molecule has 0 aliphatic carbocycles. The van der Waals surface area contributed by atoms with Crippen molar-refractivity contribution < 1.29 is 24.1 Å². The fourth-order valence-corrected chi connectivity index (χ4v) is 4.99. The zero-order valence-electron chi connectivity index (χ0n) is 20.4. The predicted molar refractivity (Wildman–Crippen MR) is 139 cm³/mol. The number of hydrogen-bond donors (Lipinski definition) is 3. The highest BCUT2D eigenvalue weighted by atomic mass is 35.5. The van der Waals surface area contributed by atoms with Crippen molar-refractivity contribution in [2.45, 2.75) is 25.0 Å². The van der Waals surface area contributed by atoms with Crippen LogP contribution in [0.3, 0.4) is 0 Å². The van der Waals surface area contributed by atoms with Crippen LogP contribution in [0.25, 0.3) is 11.1 Å². The van der Waals surface area contributed by atoms with Crippen molar-refractivity contribution in [2.24, 2.45) is 5.10 Å². The molecule has 192 valence electrons. The summed E-state index contributed by atoms with van der Waals surface area (Å²) in [5.41, 5.74) is 10.7. The number of benzene rings is 3. The number of hydrazine groups is 2. The molecule has 2 aliphatic rings. The third kappa shape index (κ3) is 5.06. The average Bonchev–Trinajstić information content (AvgIpc) is 3.29. The molecule has 0 aromatic heterocycles. The van der Waals surface area contributed by atoms with Crippen LogP contribution in [0.5, 0.6) is 11.5 Å². The van der Waals surface area contributed by atoms with E-state index in [-0.39, 0.29) is 12.5 Å². The van der Waals surface area contributed by atoms with Crippen LogP contribution in [0.1, 0.15) is 41.7 Å². The molecule has 0 spiro atoms. The average molecular weight is 523 g/mol. The zero-order chi connectivity index (χ0) is 25.9. The summed E-state index contributed by atoms with van der Waals surface area (Å²) in [6.45, 7) is 0.491. The van der Waals surface area contributed by atoms with E-state index in [0.29, 0.717) is 35.3 Å². The highest BCUT2D eigenvalue weighted by Gasteiger charge is 2.33. The van der Waals surface area contributed by atoms with Gasteiger partial charge in [-0.1, -0.05) is 54.1 Å². The second-order valence-electron chi connectivity index (χ2n) is 8.69. The number of nitrogens with one attached hydrogen (secondary N) is 2. The van der Waals surface area contributed by atoms with Gasteiger partial charge in [-0.05, 0) is 46.9 Å². The number of ether oxygens (including phenoxy) is 3. The van der Waals surface area contributed by atoms with Crippen LogP contribution in [-0.2, 0) is 9.53 Å². The van der Waals surface area contributed by atoms with E-state index >= 15 is 0 Å². The smallest absolute Gasteiger partial charge is 0.311 e. The Morgan fingerprint density at radius 3 is 2.62 bits per heavy atom. The van der Waals surface area contributed by atoms with Gasteiger partial charge in [0.05, 0.1) is 20.3 Å². The number of amidine groups is 1. The van der Waals surface area contributed by atoms with Crippen molar-refractivity contribution in [1.82, 2.24) is 16.1 Å². The first-order valence-electron chi connectivity index (χ1n) is 11.8. The molecule has 0 saturated heterocycles. The van der Waals surface area contributed by atoms with Gasteiger partial charge in [0.2, 0.25) is 0 Å². The lowest BCUT2D eigenvalue weighted by atomic mass is 9.90. The highest BCUT2D eigenvalue weighted by molar-refractivity contribution is 6.30. The normalized spacial score (nSPS) is 18.5. The molecule has 0 unspecified atom stereocenters. The molecule has 0 radical (unpaired) electrons. The number of carboxylic acid groups (broad SMARTS) is 1. The molecule has 0 fully saturated rings. The van der Waals surface area contributed by atoms with E-state index < -0.39 is 12.1 Å². The number of hydrogen-bond acceptors (Lipinski definition) is 8. The van der Waals surface area contributed by atoms with Crippen LogP contribution in [0.2, 0.25) is 5.02 Å². The second kappa shape index (κ2) is 10.7. The van der Waals surface area contributed by atoms with Crippen LogP contribution in [-0.4, -0.2) is 42.8 Å². The van der Waals surface area contributed by atoms with Gasteiger partial charge in [0.1, 0.15) is 12.5 Å². The summed E-state index contributed by atoms with van der Waals surface area (Å²) in [6, 6.07) is 19.8. The van der Waals surface area contributed by atoms with E-state index in [1.54, 1.807) is 19.3 Å². The quantitative estimate of drug-likeness (QED) is 0.391. The van der Waals surface area contributed by atoms with Crippen LogP contribution in [0.4, 0.5) is 0 Å². The summed E-state index contributed by atoms with van der Waals surface area (Å²) in [6.07, 6.45) is -0.415. The van der Waals surface area contributed by atoms with Crippen LogP contribution in [0.15, 0.2) is 65.8 Å². The molecule has 10 heteroatoms. The van der Waals surface area contributed by atoms with Gasteiger partial charge in [-0.2, -0.15) is 0 Å². The Kier molecular flexibility index (Phi) is 7.18. The Morgan fingerprint density at radius 2 is 1.84 bits per heavy atom. The minimum Gasteiger partial charge on any atom is -0.493 e. The Hall–Kier alpha value is -3.79. The first-order valence-corrected chi connectivity index (χ1v) is 12.2. The molecule has 3 aromatic carbocycles. The summed E-state index contributed by atoms with van der Waals surface area (Å²) < 4.78 is 18.2. The Balaban J connectivity index is 1.53. The fourth-order valence-electron chi connectivity index (χ4n) is 4.81. The maximum Gasteiger partial charge on any atom is 0.311 e. The first kappa shape index (κ1) is 24.9. The molecule has 0 bridgehead atoms. The topological polar surface area (TPSA) is 105 Å². The van der Waals surface area contributed by atoms with Gasteiger partial charge in [-0.25, -0.2) is 5.53 Å². The van der Waals surface area contributed by atoms with Crippen molar-refractivity contribution in [1.29, 1.82) is 0 Å². The number of carbonyl (C=O) groups is 1. The lowest BCUT2D eigenvalue weighted by Gasteiger charge is -2.27. The number of methoxy groups -OCH3 is 2. The summed E-state index contributed by atoms with van der Waals surface area (Å²) in [5.74, 6) is 0.595. The number of aliphatic carboxylic acids is 1. The minimum atomic E-state index is -0.956. The molecule has 5 rings (SSSR count). The van der Waals surface area contributed by atoms with E-state index in [9.17, 15) is 4.79 Å². The summed E-state index contributed by atoms with van der Waals surface area (Å²) in [4.78, 5) is 11.0. The molecular formula is C27H27ClN4O5. The standard InChI is InChI=1S/C27H27ClN4O5/c1-35-23-9-5-8-20(27(23)36-2)26-21-14-16(28)10-11-18(21)17-6-3-4-7-19(17)22(37-26)12-13-32-30-24(29-31-32)15-25(33)34/h3-11,14,22,26,31H,12-13,15H2,1-2H3,(H,29,30)(H,33,34)/t22-,26-/m1/s1. The van der Waals surface area contributed by atoms with Crippen molar-refractivity contribution in [3.05, 3.63) is 82.4 Å². The van der Waals surface area contributed by atoms with Crippen molar-refractivity contribution in [2.75, 3.05) is 20.8 Å². The molecule has 0 saturated carbocycles. The van der Waals surface area contributed by atoms with Crippen LogP contribution < -0.4 is 20.4 Å². The second-order valence-corrected chi connectivity index (χ2v) is 9.12. The van der Waals surface area contributed by atoms with E-state index in [4.69, 9.17) is 30.9 Å². The van der Waals surface area contributed by atoms with Crippen LogP contribution in [0, 0.1) is 0 Å². The Morgan fingerprint density at radius 1 is 1.05 bits per heavy atom. The monoisotopic (exact) mass is 522 g/mol. The molecule has 2 atom stereocenters. The number of halogens is 1. The Labute approximate surface area is 219 Å². The predicted octanol–water partition coefficient (Wildman–Crippen LogP) is 4.69. The lowest BCUT2D eigenvalue weighted by Crippen LogP contribution is -2.42. The molecule has 2 heterocycles. The van der Waals surface area contributed by atoms with Gasteiger partial charge in [-0.15, -0.1) is 10.2 Å². The third-order valence-electron chi connectivity index (χ3n) is 6.41. The van der Waals surface area contributed by atoms with E-state index in [0.717, 1.165) is 27.8 Å². The molecule has 37 heavy (non-hydrogen) atoms. The minimum absolute atomic E-state index is 0.194. The number of carboxylic acids is 1. The highest BCUT2D eigenvalue weighted by Crippen LogP contribution is 2.49. The summed E-state index contributed by atoms with van der Waals surface area (Å²) >= 11 is 6.49. The number of para-hydroxylation sites is 1. The van der Waals surface area contributed by atoms with Crippen LogP contribution >= 0.6 is 11.6 Å². The zero-order valence-corrected chi connectivity index (χ0v) is 21.2. The number of rotatable bonds is 8. The van der Waals surface area contributed by atoms with Gasteiger partial charge in [0.15, 0.2) is 17.3 Å². The lowest BCUT2D eigenvalue weighted by molar-refractivity contribution is -0.135. The summed E-state index contributed by atoms with van der Waals surface area (Å²) in [5, 5.41) is 15.3. The number of hydrazone groups is 1. The van der Waals surface area contributed by atoms with E-state index in [1.165, 1.54) is 0 Å². The molecule has 0 amide bonds. The first-order chi connectivity index (χ1) is 18.0. The molecule has 9 nitrogen and oxygen atoms in total. The van der Waals surface area contributed by atoms with Gasteiger partial charge in [-0.3, -0.25) is 10.2 Å². The van der Waals surface area contributed by atoms with Gasteiger partial charge < -0.3 is 19.3 Å². The van der Waals surface area contributed by atoms with Crippen molar-refractivity contribution >= 4 is 23.4 Å². The van der Waals surface area contributed by atoms with E-state index in [1.807, 2.05) is 48.5 Å². The Bertz CT molecular complexity index is 1350.